The van der Waals surface area contributed by atoms with E-state index in [9.17, 15) is 0 Å². The van der Waals surface area contributed by atoms with E-state index >= 15 is 0 Å². The van der Waals surface area contributed by atoms with Gasteiger partial charge in [0.1, 0.15) is 0 Å². The average molecular weight is 299 g/mol. The summed E-state index contributed by atoms with van der Waals surface area (Å²) in [5.41, 5.74) is 1.40. The molecule has 0 amide bonds. The number of thioether (sulfide) groups is 1. The Morgan fingerprint density at radius 2 is 2.19 bits per heavy atom. The summed E-state index contributed by atoms with van der Waals surface area (Å²) >= 11 is 5.33. The minimum atomic E-state index is 0.178. The molecule has 2 rings (SSSR count). The van der Waals surface area contributed by atoms with E-state index in [4.69, 9.17) is 0 Å². The summed E-state index contributed by atoms with van der Waals surface area (Å²) in [6.45, 7) is 5.12. The summed E-state index contributed by atoms with van der Waals surface area (Å²) in [6.07, 6.45) is 0. The van der Waals surface area contributed by atoms with Crippen molar-refractivity contribution in [3.05, 3.63) is 34.3 Å². The first-order valence-electron chi connectivity index (χ1n) is 5.26. The number of halogens is 1. The average Bonchev–Trinajstić information content (AvgIpc) is 2.57. The van der Waals surface area contributed by atoms with Crippen LogP contribution in [0.4, 0.5) is 0 Å². The highest BCUT2D eigenvalue weighted by atomic mass is 79.9. The minimum absolute atomic E-state index is 0.178. The van der Waals surface area contributed by atoms with Gasteiger partial charge < -0.3 is 5.32 Å². The van der Waals surface area contributed by atoms with Gasteiger partial charge >= 0.3 is 0 Å². The first kappa shape index (κ1) is 12.0. The number of nitrogens with one attached hydrogen (secondary N) is 1. The van der Waals surface area contributed by atoms with E-state index < -0.39 is 0 Å². The van der Waals surface area contributed by atoms with E-state index in [2.05, 4.69) is 52.2 Å². The molecular formula is C12H15BrN2S. The van der Waals surface area contributed by atoms with Crippen LogP contribution in [0.1, 0.15) is 19.4 Å². The Balaban J connectivity index is 2.03. The van der Waals surface area contributed by atoms with Crippen molar-refractivity contribution in [3.63, 3.8) is 0 Å². The van der Waals surface area contributed by atoms with Crippen LogP contribution >= 0.6 is 27.7 Å². The van der Waals surface area contributed by atoms with Crippen molar-refractivity contribution in [1.82, 2.24) is 5.32 Å². The monoisotopic (exact) mass is 298 g/mol. The molecule has 0 atom stereocenters. The number of rotatable bonds is 2. The fourth-order valence-corrected chi connectivity index (χ4v) is 2.96. The van der Waals surface area contributed by atoms with Gasteiger partial charge in [-0.15, -0.1) is 0 Å². The zero-order chi connectivity index (χ0) is 11.6. The number of hydrogen-bond donors (Lipinski definition) is 1. The maximum atomic E-state index is 4.59. The molecule has 0 radical (unpaired) electrons. The second-order valence-electron chi connectivity index (χ2n) is 4.51. The van der Waals surface area contributed by atoms with Crippen molar-refractivity contribution in [2.24, 2.45) is 4.99 Å². The summed E-state index contributed by atoms with van der Waals surface area (Å²) in [4.78, 5) is 4.59. The van der Waals surface area contributed by atoms with Crippen LogP contribution in [0.25, 0.3) is 0 Å². The number of aliphatic imine (C=N–C) groups is 1. The molecule has 0 unspecified atom stereocenters. The van der Waals surface area contributed by atoms with Crippen molar-refractivity contribution < 1.29 is 0 Å². The molecule has 86 valence electrons. The third-order valence-corrected chi connectivity index (χ3v) is 4.51. The number of benzene rings is 1. The fourth-order valence-electron chi connectivity index (χ4n) is 1.48. The second-order valence-corrected chi connectivity index (χ2v) is 6.33. The summed E-state index contributed by atoms with van der Waals surface area (Å²) in [5, 5.41) is 4.47. The lowest BCUT2D eigenvalue weighted by molar-refractivity contribution is 0.536. The molecule has 0 aromatic heterocycles. The maximum absolute atomic E-state index is 4.59. The van der Waals surface area contributed by atoms with E-state index in [1.165, 1.54) is 5.56 Å². The van der Waals surface area contributed by atoms with Crippen LogP contribution in [0.2, 0.25) is 0 Å². The first-order chi connectivity index (χ1) is 7.57. The number of hydrogen-bond acceptors (Lipinski definition) is 2. The van der Waals surface area contributed by atoms with Gasteiger partial charge in [0.15, 0.2) is 5.17 Å². The minimum Gasteiger partial charge on any atom is -0.359 e. The molecule has 1 fully saturated rings. The lowest BCUT2D eigenvalue weighted by atomic mass is 10.1. The lowest BCUT2D eigenvalue weighted by Crippen LogP contribution is -2.36. The van der Waals surface area contributed by atoms with E-state index in [1.807, 2.05) is 12.1 Å². The van der Waals surface area contributed by atoms with Crippen molar-refractivity contribution >= 4 is 32.9 Å². The summed E-state index contributed by atoms with van der Waals surface area (Å²) < 4.78 is 1.13. The van der Waals surface area contributed by atoms with Crippen LogP contribution < -0.4 is 5.32 Å². The lowest BCUT2D eigenvalue weighted by Gasteiger charge is -2.15. The summed E-state index contributed by atoms with van der Waals surface area (Å²) in [7, 11) is 0. The van der Waals surface area contributed by atoms with Crippen LogP contribution in [-0.4, -0.2) is 16.5 Å². The van der Waals surface area contributed by atoms with E-state index in [1.54, 1.807) is 11.8 Å². The SMILES string of the molecule is CC1(C)CSC(=NCc2ccccc2Br)N1. The quantitative estimate of drug-likeness (QED) is 0.905. The first-order valence-corrected chi connectivity index (χ1v) is 7.03. The maximum Gasteiger partial charge on any atom is 0.157 e. The Morgan fingerprint density at radius 1 is 1.44 bits per heavy atom. The number of amidine groups is 1. The molecule has 1 aliphatic rings. The highest BCUT2D eigenvalue weighted by molar-refractivity contribution is 9.10. The highest BCUT2D eigenvalue weighted by Gasteiger charge is 2.26. The second kappa shape index (κ2) is 4.80. The molecule has 16 heavy (non-hydrogen) atoms. The molecule has 1 heterocycles. The van der Waals surface area contributed by atoms with Crippen molar-refractivity contribution in [2.75, 3.05) is 5.75 Å². The third kappa shape index (κ3) is 3.01. The molecule has 1 saturated heterocycles. The molecule has 1 N–H and O–H groups in total. The summed E-state index contributed by atoms with van der Waals surface area (Å²) in [5.74, 6) is 1.09. The van der Waals surface area contributed by atoms with E-state index in [-0.39, 0.29) is 5.54 Å². The van der Waals surface area contributed by atoms with Gasteiger partial charge in [-0.1, -0.05) is 45.9 Å². The van der Waals surface area contributed by atoms with Gasteiger partial charge in [0.05, 0.1) is 6.54 Å². The van der Waals surface area contributed by atoms with Crippen molar-refractivity contribution in [2.45, 2.75) is 25.9 Å². The number of nitrogens with zero attached hydrogens (tertiary/aromatic N) is 1. The molecule has 1 aromatic rings. The zero-order valence-corrected chi connectivity index (χ0v) is 11.9. The van der Waals surface area contributed by atoms with E-state index in [0.29, 0.717) is 0 Å². The normalized spacial score (nSPS) is 21.1. The largest absolute Gasteiger partial charge is 0.359 e. The third-order valence-electron chi connectivity index (χ3n) is 2.37. The Kier molecular flexibility index (Phi) is 3.60. The van der Waals surface area contributed by atoms with Gasteiger partial charge in [0.25, 0.3) is 0 Å². The van der Waals surface area contributed by atoms with Gasteiger partial charge in [0, 0.05) is 15.8 Å². The Hall–Kier alpha value is -0.480. The molecule has 0 saturated carbocycles. The van der Waals surface area contributed by atoms with Crippen LogP contribution in [-0.2, 0) is 6.54 Å². The van der Waals surface area contributed by atoms with E-state index in [0.717, 1.165) is 21.9 Å². The van der Waals surface area contributed by atoms with Gasteiger partial charge in [-0.05, 0) is 25.5 Å². The molecule has 0 bridgehead atoms. The van der Waals surface area contributed by atoms with Crippen molar-refractivity contribution in [1.29, 1.82) is 0 Å². The van der Waals surface area contributed by atoms with Crippen LogP contribution in [0.15, 0.2) is 33.7 Å². The van der Waals surface area contributed by atoms with Crippen LogP contribution in [0.3, 0.4) is 0 Å². The topological polar surface area (TPSA) is 24.4 Å². The van der Waals surface area contributed by atoms with Gasteiger partial charge in [-0.2, -0.15) is 0 Å². The molecule has 1 aromatic carbocycles. The highest BCUT2D eigenvalue weighted by Crippen LogP contribution is 2.23. The zero-order valence-electron chi connectivity index (χ0n) is 9.46. The van der Waals surface area contributed by atoms with Crippen LogP contribution in [0, 0.1) is 0 Å². The van der Waals surface area contributed by atoms with Crippen LogP contribution in [0.5, 0.6) is 0 Å². The standard InChI is InChI=1S/C12H15BrN2S/c1-12(2)8-16-11(15-12)14-7-9-5-3-4-6-10(9)13/h3-6H,7-8H2,1-2H3,(H,14,15). The molecule has 0 spiro atoms. The molecule has 2 nitrogen and oxygen atoms in total. The van der Waals surface area contributed by atoms with Crippen molar-refractivity contribution in [3.8, 4) is 0 Å². The molecule has 0 aliphatic carbocycles. The predicted molar refractivity (Wildman–Crippen MR) is 75.0 cm³/mol. The fraction of sp³-hybridized carbons (Fsp3) is 0.417. The predicted octanol–water partition coefficient (Wildman–Crippen LogP) is 3.42. The summed E-state index contributed by atoms with van der Waals surface area (Å²) in [6, 6.07) is 8.21. The molecular weight excluding hydrogens is 284 g/mol. The molecule has 4 heteroatoms. The molecule has 1 aliphatic heterocycles. The van der Waals surface area contributed by atoms with Gasteiger partial charge in [0.2, 0.25) is 0 Å². The van der Waals surface area contributed by atoms with Gasteiger partial charge in [-0.25, -0.2) is 0 Å². The Morgan fingerprint density at radius 3 is 2.81 bits per heavy atom. The van der Waals surface area contributed by atoms with Gasteiger partial charge in [-0.3, -0.25) is 4.99 Å². The Labute approximate surface area is 109 Å². The smallest absolute Gasteiger partial charge is 0.157 e. The Bertz CT molecular complexity index is 415.